The summed E-state index contributed by atoms with van der Waals surface area (Å²) in [5.41, 5.74) is 0.147. The van der Waals surface area contributed by atoms with Gasteiger partial charge in [-0.05, 0) is 18.1 Å². The summed E-state index contributed by atoms with van der Waals surface area (Å²) >= 11 is 0. The van der Waals surface area contributed by atoms with Crippen molar-refractivity contribution in [3.63, 3.8) is 0 Å². The molecule has 0 aliphatic rings. The number of nitro groups is 1. The topological polar surface area (TPSA) is 110 Å². The van der Waals surface area contributed by atoms with E-state index >= 15 is 0 Å². The third kappa shape index (κ3) is 4.72. The van der Waals surface area contributed by atoms with Gasteiger partial charge in [0.1, 0.15) is 6.04 Å². The maximum Gasteiger partial charge on any atom is 0.326 e. The summed E-state index contributed by atoms with van der Waals surface area (Å²) in [6.45, 7) is 3.34. The van der Waals surface area contributed by atoms with Crippen molar-refractivity contribution in [3.8, 4) is 0 Å². The molecule has 0 aliphatic carbocycles. The number of nitrogens with zero attached hydrogens (tertiary/aromatic N) is 1. The average Bonchev–Trinajstić information content (AvgIpc) is 2.42. The second-order valence-electron chi connectivity index (χ2n) is 4.72. The molecule has 0 bridgehead atoms. The van der Waals surface area contributed by atoms with Gasteiger partial charge >= 0.3 is 5.97 Å². The van der Waals surface area contributed by atoms with Gasteiger partial charge in [-0.2, -0.15) is 0 Å². The number of para-hydroxylation sites is 1. The Morgan fingerprint density at radius 1 is 1.33 bits per heavy atom. The summed E-state index contributed by atoms with van der Waals surface area (Å²) in [5, 5.41) is 22.1. The molecule has 2 N–H and O–H groups in total. The first kappa shape index (κ1) is 16.4. The summed E-state index contributed by atoms with van der Waals surface area (Å²) in [7, 11) is 0. The van der Waals surface area contributed by atoms with Crippen LogP contribution >= 0.6 is 0 Å². The minimum atomic E-state index is -1.13. The standard InChI is InChI=1S/C14H16N2O5/c1-9(2)13(14(18)19)15-12(17)8-7-10-5-3-4-6-11(10)16(20)21/h3-9,13H,1-2H3,(H,15,17)(H,18,19)/t13-/m1/s1. The maximum absolute atomic E-state index is 11.7. The van der Waals surface area contributed by atoms with Crippen molar-refractivity contribution in [2.24, 2.45) is 5.92 Å². The van der Waals surface area contributed by atoms with Crippen molar-refractivity contribution in [3.05, 3.63) is 46.0 Å². The van der Waals surface area contributed by atoms with Crippen LogP contribution in [-0.4, -0.2) is 27.9 Å². The van der Waals surface area contributed by atoms with Crippen LogP contribution < -0.4 is 5.32 Å². The fourth-order valence-electron chi connectivity index (χ4n) is 1.68. The fraction of sp³-hybridized carbons (Fsp3) is 0.286. The molecule has 0 aromatic heterocycles. The van der Waals surface area contributed by atoms with E-state index in [1.807, 2.05) is 0 Å². The molecule has 1 amide bonds. The first-order valence-electron chi connectivity index (χ1n) is 6.27. The van der Waals surface area contributed by atoms with Crippen LogP contribution in [0, 0.1) is 16.0 Å². The molecular weight excluding hydrogens is 276 g/mol. The van der Waals surface area contributed by atoms with E-state index in [9.17, 15) is 19.7 Å². The molecule has 21 heavy (non-hydrogen) atoms. The Hall–Kier alpha value is -2.70. The Balaban J connectivity index is 2.84. The molecule has 1 aromatic carbocycles. The Morgan fingerprint density at radius 2 is 1.95 bits per heavy atom. The highest BCUT2D eigenvalue weighted by Crippen LogP contribution is 2.18. The van der Waals surface area contributed by atoms with Gasteiger partial charge in [0.15, 0.2) is 0 Å². The number of carbonyl (C=O) groups excluding carboxylic acids is 1. The molecule has 0 saturated carbocycles. The van der Waals surface area contributed by atoms with Gasteiger partial charge in [0.25, 0.3) is 5.69 Å². The van der Waals surface area contributed by atoms with Gasteiger partial charge < -0.3 is 10.4 Å². The van der Waals surface area contributed by atoms with Gasteiger partial charge in [-0.1, -0.05) is 26.0 Å². The zero-order valence-electron chi connectivity index (χ0n) is 11.6. The zero-order chi connectivity index (χ0) is 16.0. The molecule has 0 saturated heterocycles. The van der Waals surface area contributed by atoms with Crippen LogP contribution in [0.4, 0.5) is 5.69 Å². The smallest absolute Gasteiger partial charge is 0.326 e. The Morgan fingerprint density at radius 3 is 2.48 bits per heavy atom. The van der Waals surface area contributed by atoms with Crippen molar-refractivity contribution in [2.75, 3.05) is 0 Å². The van der Waals surface area contributed by atoms with Gasteiger partial charge in [0, 0.05) is 12.1 Å². The van der Waals surface area contributed by atoms with Crippen molar-refractivity contribution in [2.45, 2.75) is 19.9 Å². The number of carboxylic acids is 1. The lowest BCUT2D eigenvalue weighted by Crippen LogP contribution is -2.43. The van der Waals surface area contributed by atoms with Crippen molar-refractivity contribution in [1.29, 1.82) is 0 Å². The SMILES string of the molecule is CC(C)[C@@H](NC(=O)C=Cc1ccccc1[N+](=O)[O-])C(=O)O. The molecule has 0 aliphatic heterocycles. The zero-order valence-corrected chi connectivity index (χ0v) is 11.6. The van der Waals surface area contributed by atoms with Crippen LogP contribution in [0.25, 0.3) is 6.08 Å². The normalized spacial score (nSPS) is 12.3. The van der Waals surface area contributed by atoms with Gasteiger partial charge in [0.2, 0.25) is 5.91 Å². The highest BCUT2D eigenvalue weighted by molar-refractivity contribution is 5.94. The lowest BCUT2D eigenvalue weighted by molar-refractivity contribution is -0.385. The van der Waals surface area contributed by atoms with Crippen LogP contribution in [0.1, 0.15) is 19.4 Å². The van der Waals surface area contributed by atoms with Crippen LogP contribution in [0.5, 0.6) is 0 Å². The molecule has 0 radical (unpaired) electrons. The van der Waals surface area contributed by atoms with E-state index in [0.717, 1.165) is 6.08 Å². The minimum Gasteiger partial charge on any atom is -0.480 e. The second-order valence-corrected chi connectivity index (χ2v) is 4.72. The minimum absolute atomic E-state index is 0.125. The molecule has 7 heteroatoms. The van der Waals surface area contributed by atoms with E-state index in [4.69, 9.17) is 5.11 Å². The quantitative estimate of drug-likeness (QED) is 0.472. The molecule has 112 valence electrons. The largest absolute Gasteiger partial charge is 0.480 e. The molecule has 0 unspecified atom stereocenters. The number of carboxylic acid groups (broad SMARTS) is 1. The van der Waals surface area contributed by atoms with Gasteiger partial charge in [-0.25, -0.2) is 4.79 Å². The van der Waals surface area contributed by atoms with Crippen LogP contribution in [-0.2, 0) is 9.59 Å². The first-order valence-corrected chi connectivity index (χ1v) is 6.27. The molecule has 7 nitrogen and oxygen atoms in total. The summed E-state index contributed by atoms with van der Waals surface area (Å²) in [6.07, 6.45) is 2.37. The number of rotatable bonds is 6. The third-order valence-corrected chi connectivity index (χ3v) is 2.78. The molecule has 1 atom stereocenters. The molecular formula is C14H16N2O5. The number of carbonyl (C=O) groups is 2. The number of aliphatic carboxylic acids is 1. The second kappa shape index (κ2) is 7.18. The monoisotopic (exact) mass is 292 g/mol. The van der Waals surface area contributed by atoms with Crippen LogP contribution in [0.3, 0.4) is 0 Å². The summed E-state index contributed by atoms with van der Waals surface area (Å²) < 4.78 is 0. The van der Waals surface area contributed by atoms with E-state index in [2.05, 4.69) is 5.32 Å². The number of benzene rings is 1. The highest BCUT2D eigenvalue weighted by Gasteiger charge is 2.22. The first-order chi connectivity index (χ1) is 9.82. The Kier molecular flexibility index (Phi) is 5.59. The molecule has 0 spiro atoms. The van der Waals surface area contributed by atoms with E-state index in [1.165, 1.54) is 24.3 Å². The predicted molar refractivity (Wildman–Crippen MR) is 76.5 cm³/mol. The number of hydrogen-bond acceptors (Lipinski definition) is 4. The number of hydrogen-bond donors (Lipinski definition) is 2. The number of nitrogens with one attached hydrogen (secondary N) is 1. The van der Waals surface area contributed by atoms with E-state index in [0.29, 0.717) is 0 Å². The van der Waals surface area contributed by atoms with E-state index in [1.54, 1.807) is 19.9 Å². The van der Waals surface area contributed by atoms with Crippen LogP contribution in [0.15, 0.2) is 30.3 Å². The summed E-state index contributed by atoms with van der Waals surface area (Å²) in [4.78, 5) is 32.9. The molecule has 1 rings (SSSR count). The lowest BCUT2D eigenvalue weighted by atomic mass is 10.0. The van der Waals surface area contributed by atoms with Gasteiger partial charge in [0.05, 0.1) is 10.5 Å². The van der Waals surface area contributed by atoms with E-state index in [-0.39, 0.29) is 17.2 Å². The molecule has 0 fully saturated rings. The highest BCUT2D eigenvalue weighted by atomic mass is 16.6. The fourth-order valence-corrected chi connectivity index (χ4v) is 1.68. The van der Waals surface area contributed by atoms with Gasteiger partial charge in [-0.15, -0.1) is 0 Å². The van der Waals surface area contributed by atoms with Crippen LogP contribution in [0.2, 0.25) is 0 Å². The van der Waals surface area contributed by atoms with Crippen molar-refractivity contribution < 1.29 is 19.6 Å². The molecule has 0 heterocycles. The van der Waals surface area contributed by atoms with Gasteiger partial charge in [-0.3, -0.25) is 14.9 Å². The number of amides is 1. The average molecular weight is 292 g/mol. The summed E-state index contributed by atoms with van der Waals surface area (Å²) in [5.74, 6) is -2.02. The summed E-state index contributed by atoms with van der Waals surface area (Å²) in [6, 6.07) is 4.95. The Labute approximate surface area is 121 Å². The maximum atomic E-state index is 11.7. The third-order valence-electron chi connectivity index (χ3n) is 2.78. The predicted octanol–water partition coefficient (Wildman–Crippen LogP) is 1.83. The van der Waals surface area contributed by atoms with Crippen molar-refractivity contribution >= 4 is 23.6 Å². The lowest BCUT2D eigenvalue weighted by Gasteiger charge is -2.16. The van der Waals surface area contributed by atoms with E-state index < -0.39 is 22.8 Å². The number of nitro benzene ring substituents is 1. The van der Waals surface area contributed by atoms with Crippen molar-refractivity contribution in [1.82, 2.24) is 5.32 Å². The molecule has 1 aromatic rings. The Bertz CT molecular complexity index is 580.